The van der Waals surface area contributed by atoms with Crippen molar-refractivity contribution in [3.63, 3.8) is 0 Å². The number of methoxy groups -OCH3 is 1. The summed E-state index contributed by atoms with van der Waals surface area (Å²) in [5.74, 6) is 0.336. The van der Waals surface area contributed by atoms with Crippen molar-refractivity contribution in [3.05, 3.63) is 46.8 Å². The highest BCUT2D eigenvalue weighted by atomic mass is 35.5. The molecule has 0 aliphatic heterocycles. The molecule has 0 unspecified atom stereocenters. The molecule has 0 atom stereocenters. The van der Waals surface area contributed by atoms with Crippen molar-refractivity contribution in [3.8, 4) is 0 Å². The molecular formula is C12H13ClFN3O. The third-order valence-corrected chi connectivity index (χ3v) is 2.98. The molecule has 4 nitrogen and oxygen atoms in total. The number of hydrogen-bond donors (Lipinski definition) is 0. The zero-order valence-electron chi connectivity index (χ0n) is 9.94. The van der Waals surface area contributed by atoms with E-state index in [0.717, 1.165) is 0 Å². The van der Waals surface area contributed by atoms with Crippen LogP contribution in [0.3, 0.4) is 0 Å². The molecule has 6 heteroatoms. The van der Waals surface area contributed by atoms with Gasteiger partial charge in [0, 0.05) is 30.7 Å². The predicted molar refractivity (Wildman–Crippen MR) is 66.1 cm³/mol. The number of nitrogens with zero attached hydrogens (tertiary/aromatic N) is 3. The number of aromatic nitrogens is 3. The van der Waals surface area contributed by atoms with E-state index >= 15 is 0 Å². The molecule has 96 valence electrons. The highest BCUT2D eigenvalue weighted by molar-refractivity contribution is 6.31. The molecule has 0 N–H and O–H groups in total. The van der Waals surface area contributed by atoms with E-state index in [2.05, 4.69) is 10.2 Å². The Bertz CT molecular complexity index is 510. The smallest absolute Gasteiger partial charge is 0.137 e. The van der Waals surface area contributed by atoms with Crippen LogP contribution in [-0.2, 0) is 17.7 Å². The highest BCUT2D eigenvalue weighted by Crippen LogP contribution is 2.21. The first-order chi connectivity index (χ1) is 8.72. The average Bonchev–Trinajstić information content (AvgIpc) is 2.79. The fourth-order valence-electron chi connectivity index (χ4n) is 1.65. The van der Waals surface area contributed by atoms with Gasteiger partial charge in [-0.25, -0.2) is 4.39 Å². The lowest BCUT2D eigenvalue weighted by atomic mass is 10.1. The molecule has 0 saturated heterocycles. The number of halogens is 2. The monoisotopic (exact) mass is 269 g/mol. The van der Waals surface area contributed by atoms with Gasteiger partial charge in [-0.1, -0.05) is 17.7 Å². The van der Waals surface area contributed by atoms with Crippen LogP contribution in [0.2, 0.25) is 5.02 Å². The molecule has 0 aliphatic rings. The van der Waals surface area contributed by atoms with Crippen LogP contribution >= 0.6 is 11.6 Å². The van der Waals surface area contributed by atoms with Crippen molar-refractivity contribution in [1.29, 1.82) is 0 Å². The van der Waals surface area contributed by atoms with E-state index < -0.39 is 0 Å². The molecule has 0 fully saturated rings. The van der Waals surface area contributed by atoms with Crippen LogP contribution in [0.5, 0.6) is 0 Å². The Morgan fingerprint density at radius 2 is 2.28 bits per heavy atom. The summed E-state index contributed by atoms with van der Waals surface area (Å²) in [5.41, 5.74) is 0.436. The first kappa shape index (κ1) is 13.0. The van der Waals surface area contributed by atoms with Crippen molar-refractivity contribution in [2.24, 2.45) is 0 Å². The molecule has 1 heterocycles. The van der Waals surface area contributed by atoms with E-state index in [1.54, 1.807) is 25.6 Å². The molecule has 1 aromatic heterocycles. The van der Waals surface area contributed by atoms with Gasteiger partial charge in [0.05, 0.1) is 6.61 Å². The van der Waals surface area contributed by atoms with E-state index in [9.17, 15) is 4.39 Å². The minimum Gasteiger partial charge on any atom is -0.383 e. The summed E-state index contributed by atoms with van der Waals surface area (Å²) in [6, 6.07) is 4.63. The Labute approximate surface area is 109 Å². The largest absolute Gasteiger partial charge is 0.383 e. The van der Waals surface area contributed by atoms with Crippen LogP contribution < -0.4 is 0 Å². The van der Waals surface area contributed by atoms with E-state index in [1.165, 1.54) is 6.07 Å². The second-order valence-electron chi connectivity index (χ2n) is 3.81. The van der Waals surface area contributed by atoms with Gasteiger partial charge in [0.25, 0.3) is 0 Å². The third kappa shape index (κ3) is 2.86. The van der Waals surface area contributed by atoms with E-state index in [-0.39, 0.29) is 5.82 Å². The average molecular weight is 270 g/mol. The number of rotatable bonds is 5. The number of ether oxygens (including phenoxy) is 1. The van der Waals surface area contributed by atoms with Gasteiger partial charge >= 0.3 is 0 Å². The van der Waals surface area contributed by atoms with E-state index in [1.807, 2.05) is 4.57 Å². The maximum atomic E-state index is 13.7. The zero-order chi connectivity index (χ0) is 13.0. The van der Waals surface area contributed by atoms with Crippen LogP contribution in [0, 0.1) is 5.82 Å². The summed E-state index contributed by atoms with van der Waals surface area (Å²) in [5, 5.41) is 8.20. The van der Waals surface area contributed by atoms with Crippen LogP contribution in [0.1, 0.15) is 11.4 Å². The Hall–Kier alpha value is -1.46. The van der Waals surface area contributed by atoms with Crippen molar-refractivity contribution in [2.45, 2.75) is 13.0 Å². The lowest BCUT2D eigenvalue weighted by Gasteiger charge is -2.07. The maximum absolute atomic E-state index is 13.7. The fourth-order valence-corrected chi connectivity index (χ4v) is 1.88. The van der Waals surface area contributed by atoms with Gasteiger partial charge in [0.15, 0.2) is 0 Å². The molecule has 2 aromatic rings. The fraction of sp³-hybridized carbons (Fsp3) is 0.333. The van der Waals surface area contributed by atoms with Gasteiger partial charge in [0.2, 0.25) is 0 Å². The summed E-state index contributed by atoms with van der Waals surface area (Å²) < 4.78 is 20.5. The van der Waals surface area contributed by atoms with E-state index in [0.29, 0.717) is 36.0 Å². The predicted octanol–water partition coefficient (Wildman–Crippen LogP) is 2.31. The summed E-state index contributed by atoms with van der Waals surface area (Å²) in [6.45, 7) is 1.18. The Kier molecular flexibility index (Phi) is 4.28. The van der Waals surface area contributed by atoms with Crippen molar-refractivity contribution >= 4 is 11.6 Å². The highest BCUT2D eigenvalue weighted by Gasteiger charge is 2.12. The topological polar surface area (TPSA) is 39.9 Å². The van der Waals surface area contributed by atoms with Crippen LogP contribution in [0.15, 0.2) is 24.5 Å². The molecule has 1 aromatic carbocycles. The Balaban J connectivity index is 2.21. The second kappa shape index (κ2) is 5.93. The number of benzene rings is 1. The molecule has 0 bridgehead atoms. The van der Waals surface area contributed by atoms with Crippen LogP contribution in [0.4, 0.5) is 4.39 Å². The third-order valence-electron chi connectivity index (χ3n) is 2.63. The number of hydrogen-bond acceptors (Lipinski definition) is 3. The van der Waals surface area contributed by atoms with Gasteiger partial charge in [0.1, 0.15) is 18.0 Å². The normalized spacial score (nSPS) is 10.8. The Morgan fingerprint density at radius 1 is 1.44 bits per heavy atom. The molecule has 2 rings (SSSR count). The summed E-state index contributed by atoms with van der Waals surface area (Å²) in [6.07, 6.45) is 1.92. The van der Waals surface area contributed by atoms with Crippen LogP contribution in [0.25, 0.3) is 0 Å². The van der Waals surface area contributed by atoms with Gasteiger partial charge in [-0.2, -0.15) is 0 Å². The molecule has 0 aliphatic carbocycles. The molecule has 0 radical (unpaired) electrons. The van der Waals surface area contributed by atoms with Crippen molar-refractivity contribution in [2.75, 3.05) is 13.7 Å². The van der Waals surface area contributed by atoms with Crippen molar-refractivity contribution in [1.82, 2.24) is 14.8 Å². The minimum absolute atomic E-state index is 0.315. The summed E-state index contributed by atoms with van der Waals surface area (Å²) in [7, 11) is 1.62. The Morgan fingerprint density at radius 3 is 3.00 bits per heavy atom. The van der Waals surface area contributed by atoms with Crippen molar-refractivity contribution < 1.29 is 9.13 Å². The van der Waals surface area contributed by atoms with Crippen LogP contribution in [-0.4, -0.2) is 28.5 Å². The second-order valence-corrected chi connectivity index (χ2v) is 4.22. The van der Waals surface area contributed by atoms with Gasteiger partial charge < -0.3 is 9.30 Å². The summed E-state index contributed by atoms with van der Waals surface area (Å²) in [4.78, 5) is 0. The van der Waals surface area contributed by atoms with Gasteiger partial charge in [-0.3, -0.25) is 0 Å². The maximum Gasteiger partial charge on any atom is 0.137 e. The molecule has 18 heavy (non-hydrogen) atoms. The first-order valence-corrected chi connectivity index (χ1v) is 5.88. The molecular weight excluding hydrogens is 257 g/mol. The first-order valence-electron chi connectivity index (χ1n) is 5.51. The molecule has 0 amide bonds. The summed E-state index contributed by atoms with van der Waals surface area (Å²) >= 11 is 5.98. The van der Waals surface area contributed by atoms with Gasteiger partial charge in [-0.15, -0.1) is 10.2 Å². The zero-order valence-corrected chi connectivity index (χ0v) is 10.7. The van der Waals surface area contributed by atoms with Gasteiger partial charge in [-0.05, 0) is 12.1 Å². The standard InChI is InChI=1S/C12H13ClFN3O/c1-18-6-5-17-8-15-16-12(17)7-9-10(13)3-2-4-11(9)14/h2-4,8H,5-7H2,1H3. The lowest BCUT2D eigenvalue weighted by molar-refractivity contribution is 0.186. The molecule has 0 spiro atoms. The quantitative estimate of drug-likeness (QED) is 0.836. The lowest BCUT2D eigenvalue weighted by Crippen LogP contribution is -2.09. The van der Waals surface area contributed by atoms with E-state index in [4.69, 9.17) is 16.3 Å². The SMILES string of the molecule is COCCn1cnnc1Cc1c(F)cccc1Cl. The molecule has 0 saturated carbocycles. The minimum atomic E-state index is -0.330.